The summed E-state index contributed by atoms with van der Waals surface area (Å²) in [6, 6.07) is 8.81. The highest BCUT2D eigenvalue weighted by Crippen LogP contribution is 2.20. The van der Waals surface area contributed by atoms with E-state index in [0.29, 0.717) is 18.6 Å². The third-order valence-corrected chi connectivity index (χ3v) is 2.02. The summed E-state index contributed by atoms with van der Waals surface area (Å²) in [5.41, 5.74) is 5.09. The largest absolute Gasteiger partial charge is 0.450 e. The summed E-state index contributed by atoms with van der Waals surface area (Å²) in [6.45, 7) is 3.78. The Morgan fingerprint density at radius 3 is 2.12 bits per heavy atom. The second kappa shape index (κ2) is 7.65. The van der Waals surface area contributed by atoms with Crippen molar-refractivity contribution in [1.82, 2.24) is 0 Å². The fourth-order valence-electron chi connectivity index (χ4n) is 1.05. The molecule has 0 spiro atoms. The van der Waals surface area contributed by atoms with Gasteiger partial charge in [-0.05, 0) is 6.92 Å². The molecule has 0 saturated carbocycles. The van der Waals surface area contributed by atoms with Crippen molar-refractivity contribution in [3.8, 4) is 0 Å². The molecular formula is C12H19NO4. The molecule has 4 N–H and O–H groups in total. The molecule has 1 aromatic rings. The summed E-state index contributed by atoms with van der Waals surface area (Å²) in [6.07, 6.45) is -0.408. The third-order valence-electron chi connectivity index (χ3n) is 2.02. The van der Waals surface area contributed by atoms with Gasteiger partial charge in [0.05, 0.1) is 6.61 Å². The van der Waals surface area contributed by atoms with Gasteiger partial charge in [0.2, 0.25) is 0 Å². The van der Waals surface area contributed by atoms with Crippen LogP contribution in [-0.2, 0) is 10.5 Å². The molecule has 1 amide bonds. The first-order valence-corrected chi connectivity index (χ1v) is 5.36. The Morgan fingerprint density at radius 1 is 1.29 bits per heavy atom. The Morgan fingerprint density at radius 2 is 1.82 bits per heavy atom. The number of ether oxygens (including phenoxy) is 1. The molecule has 0 aromatic heterocycles. The molecule has 1 aromatic carbocycles. The maximum Gasteiger partial charge on any atom is 0.404 e. The molecule has 0 bridgehead atoms. The van der Waals surface area contributed by atoms with Gasteiger partial charge in [0.15, 0.2) is 5.79 Å². The number of primary amides is 1. The normalized spacial score (nSPS) is 10.1. The minimum atomic E-state index is -1.67. The van der Waals surface area contributed by atoms with E-state index in [2.05, 4.69) is 10.5 Å². The van der Waals surface area contributed by atoms with Crippen LogP contribution in [0.3, 0.4) is 0 Å². The maximum atomic E-state index is 9.60. The number of carbonyl (C=O) groups is 1. The van der Waals surface area contributed by atoms with Gasteiger partial charge in [0.25, 0.3) is 0 Å². The molecule has 0 radical (unpaired) electrons. The molecule has 1 rings (SSSR count). The van der Waals surface area contributed by atoms with Gasteiger partial charge in [0.1, 0.15) is 0 Å². The van der Waals surface area contributed by atoms with Gasteiger partial charge >= 0.3 is 6.09 Å². The molecule has 17 heavy (non-hydrogen) atoms. The standard InChI is InChI=1S/C9H12O2.C3H7NO2/c1-2-9(10,11)8-6-4-3-5-7-8;1-2-6-3(4)5/h3-7,10-11H,2H2,1H3;2H2,1H3,(H2,4,5). The van der Waals surface area contributed by atoms with E-state index in [0.717, 1.165) is 0 Å². The SMILES string of the molecule is CCC(O)(O)c1ccccc1.CCOC(N)=O. The second-order valence-electron chi connectivity index (χ2n) is 3.29. The van der Waals surface area contributed by atoms with Gasteiger partial charge in [-0.2, -0.15) is 0 Å². The van der Waals surface area contributed by atoms with E-state index in [1.807, 2.05) is 6.07 Å². The summed E-state index contributed by atoms with van der Waals surface area (Å²) >= 11 is 0. The third kappa shape index (κ3) is 6.55. The fourth-order valence-corrected chi connectivity index (χ4v) is 1.05. The summed E-state index contributed by atoms with van der Waals surface area (Å²) in [7, 11) is 0. The first-order chi connectivity index (χ1) is 7.94. The topological polar surface area (TPSA) is 92.8 Å². The minimum absolute atomic E-state index is 0.303. The number of aliphatic hydroxyl groups is 2. The quantitative estimate of drug-likeness (QED) is 0.696. The van der Waals surface area contributed by atoms with Crippen molar-refractivity contribution in [3.05, 3.63) is 35.9 Å². The molecule has 0 saturated heterocycles. The van der Waals surface area contributed by atoms with Crippen LogP contribution in [0.4, 0.5) is 4.79 Å². The molecule has 0 aliphatic carbocycles. The van der Waals surface area contributed by atoms with Gasteiger partial charge in [-0.1, -0.05) is 37.3 Å². The Labute approximate surface area is 101 Å². The maximum absolute atomic E-state index is 9.60. The van der Waals surface area contributed by atoms with Crippen LogP contribution in [0.15, 0.2) is 30.3 Å². The number of rotatable bonds is 3. The first kappa shape index (κ1) is 15.4. The average Bonchev–Trinajstić information content (AvgIpc) is 2.31. The molecule has 0 aliphatic rings. The highest BCUT2D eigenvalue weighted by atomic mass is 16.5. The summed E-state index contributed by atoms with van der Waals surface area (Å²) < 4.78 is 4.18. The van der Waals surface area contributed by atoms with Crippen LogP contribution >= 0.6 is 0 Å². The van der Waals surface area contributed by atoms with Gasteiger partial charge in [-0.3, -0.25) is 0 Å². The monoisotopic (exact) mass is 241 g/mol. The first-order valence-electron chi connectivity index (χ1n) is 5.36. The lowest BCUT2D eigenvalue weighted by Crippen LogP contribution is -2.23. The Hall–Kier alpha value is -1.59. The van der Waals surface area contributed by atoms with E-state index in [9.17, 15) is 15.0 Å². The van der Waals surface area contributed by atoms with E-state index in [4.69, 9.17) is 0 Å². The predicted molar refractivity (Wildman–Crippen MR) is 64.1 cm³/mol. The van der Waals surface area contributed by atoms with Crippen LogP contribution < -0.4 is 5.73 Å². The molecule has 5 heteroatoms. The zero-order chi connectivity index (χ0) is 13.3. The molecule has 0 unspecified atom stereocenters. The van der Waals surface area contributed by atoms with E-state index < -0.39 is 11.9 Å². The number of hydrogen-bond donors (Lipinski definition) is 3. The minimum Gasteiger partial charge on any atom is -0.450 e. The summed E-state index contributed by atoms with van der Waals surface area (Å²) in [4.78, 5) is 9.60. The van der Waals surface area contributed by atoms with Crippen molar-refractivity contribution in [2.45, 2.75) is 26.1 Å². The van der Waals surface area contributed by atoms with E-state index in [1.165, 1.54) is 0 Å². The van der Waals surface area contributed by atoms with Crippen LogP contribution in [0, 0.1) is 0 Å². The van der Waals surface area contributed by atoms with Gasteiger partial charge in [0, 0.05) is 12.0 Å². The molecule has 0 heterocycles. The smallest absolute Gasteiger partial charge is 0.404 e. The van der Waals surface area contributed by atoms with Crippen molar-refractivity contribution in [3.63, 3.8) is 0 Å². The van der Waals surface area contributed by atoms with E-state index in [-0.39, 0.29) is 0 Å². The summed E-state index contributed by atoms with van der Waals surface area (Å²) in [5.74, 6) is -1.67. The molecule has 5 nitrogen and oxygen atoms in total. The fraction of sp³-hybridized carbons (Fsp3) is 0.417. The molecule has 0 atom stereocenters. The Bertz CT molecular complexity index is 325. The lowest BCUT2D eigenvalue weighted by molar-refractivity contribution is -0.171. The lowest BCUT2D eigenvalue weighted by atomic mass is 10.0. The van der Waals surface area contributed by atoms with Gasteiger partial charge in [-0.25, -0.2) is 4.79 Å². The highest BCUT2D eigenvalue weighted by Gasteiger charge is 2.21. The molecule has 96 valence electrons. The summed E-state index contributed by atoms with van der Waals surface area (Å²) in [5, 5.41) is 18.7. The zero-order valence-electron chi connectivity index (χ0n) is 10.1. The van der Waals surface area contributed by atoms with Crippen molar-refractivity contribution >= 4 is 6.09 Å². The Kier molecular flexibility index (Phi) is 6.93. The molecule has 0 aliphatic heterocycles. The van der Waals surface area contributed by atoms with Crippen LogP contribution in [0.1, 0.15) is 25.8 Å². The van der Waals surface area contributed by atoms with E-state index in [1.54, 1.807) is 38.1 Å². The van der Waals surface area contributed by atoms with Crippen molar-refractivity contribution in [2.75, 3.05) is 6.61 Å². The van der Waals surface area contributed by atoms with Crippen LogP contribution in [-0.4, -0.2) is 22.9 Å². The highest BCUT2D eigenvalue weighted by molar-refractivity contribution is 5.64. The lowest BCUT2D eigenvalue weighted by Gasteiger charge is -2.19. The second-order valence-corrected chi connectivity index (χ2v) is 3.29. The molecular weight excluding hydrogens is 222 g/mol. The van der Waals surface area contributed by atoms with Crippen LogP contribution in [0.25, 0.3) is 0 Å². The van der Waals surface area contributed by atoms with Crippen molar-refractivity contribution in [1.29, 1.82) is 0 Å². The van der Waals surface area contributed by atoms with Crippen molar-refractivity contribution in [2.24, 2.45) is 5.73 Å². The number of hydrogen-bond acceptors (Lipinski definition) is 4. The average molecular weight is 241 g/mol. The van der Waals surface area contributed by atoms with E-state index >= 15 is 0 Å². The van der Waals surface area contributed by atoms with Crippen LogP contribution in [0.2, 0.25) is 0 Å². The number of carbonyl (C=O) groups excluding carboxylic acids is 1. The zero-order valence-corrected chi connectivity index (χ0v) is 10.1. The number of nitrogens with two attached hydrogens (primary N) is 1. The number of amides is 1. The molecule has 0 fully saturated rings. The van der Waals surface area contributed by atoms with Gasteiger partial charge in [-0.15, -0.1) is 0 Å². The van der Waals surface area contributed by atoms with Crippen molar-refractivity contribution < 1.29 is 19.7 Å². The number of benzene rings is 1. The Balaban J connectivity index is 0.000000366. The predicted octanol–water partition coefficient (Wildman–Crippen LogP) is 1.34. The van der Waals surface area contributed by atoms with Gasteiger partial charge < -0.3 is 20.7 Å². The van der Waals surface area contributed by atoms with Crippen LogP contribution in [0.5, 0.6) is 0 Å².